The molecule has 2 aromatic carbocycles. The Morgan fingerprint density at radius 1 is 1.03 bits per heavy atom. The van der Waals surface area contributed by atoms with E-state index in [1.807, 2.05) is 0 Å². The lowest BCUT2D eigenvalue weighted by Crippen LogP contribution is -2.14. The van der Waals surface area contributed by atoms with E-state index in [-0.39, 0.29) is 11.6 Å². The van der Waals surface area contributed by atoms with Gasteiger partial charge in [0.1, 0.15) is 23.7 Å². The molecule has 0 radical (unpaired) electrons. The number of aromatic nitrogens is 4. The maximum Gasteiger partial charge on any atom is 0.416 e. The van der Waals surface area contributed by atoms with Crippen molar-refractivity contribution in [2.45, 2.75) is 18.0 Å². The molecule has 170 valence electrons. The second-order valence-corrected chi connectivity index (χ2v) is 8.52. The van der Waals surface area contributed by atoms with Crippen LogP contribution in [0.2, 0.25) is 0 Å². The second-order valence-electron chi connectivity index (χ2n) is 6.84. The zero-order chi connectivity index (χ0) is 23.6. The van der Waals surface area contributed by atoms with Gasteiger partial charge >= 0.3 is 6.18 Å². The first-order valence-corrected chi connectivity index (χ1v) is 10.9. The van der Waals surface area contributed by atoms with Crippen LogP contribution < -0.4 is 9.46 Å². The number of nitrogens with one attached hydrogen (secondary N) is 1. The summed E-state index contributed by atoms with van der Waals surface area (Å²) in [6.07, 6.45) is 0.256. The minimum Gasteiger partial charge on any atom is -0.439 e. The molecular formula is C21H16F3N5O3S. The van der Waals surface area contributed by atoms with Gasteiger partial charge in [0.2, 0.25) is 5.88 Å². The fraction of sp³-hybridized carbons (Fsp3) is 0.0952. The summed E-state index contributed by atoms with van der Waals surface area (Å²) in [7, 11) is -4.22. The Morgan fingerprint density at radius 3 is 2.45 bits per heavy atom. The highest BCUT2D eigenvalue weighted by molar-refractivity contribution is 7.92. The Bertz CT molecular complexity index is 1370. The number of alkyl halides is 3. The van der Waals surface area contributed by atoms with Crippen molar-refractivity contribution in [1.29, 1.82) is 0 Å². The smallest absolute Gasteiger partial charge is 0.416 e. The Labute approximate surface area is 186 Å². The molecule has 0 bridgehead atoms. The molecule has 0 spiro atoms. The zero-order valence-corrected chi connectivity index (χ0v) is 17.8. The molecule has 0 unspecified atom stereocenters. The summed E-state index contributed by atoms with van der Waals surface area (Å²) >= 11 is 0. The van der Waals surface area contributed by atoms with E-state index in [9.17, 15) is 21.6 Å². The summed E-state index contributed by atoms with van der Waals surface area (Å²) in [6.45, 7) is 1.71. The monoisotopic (exact) mass is 475 g/mol. The van der Waals surface area contributed by atoms with Crippen molar-refractivity contribution in [1.82, 2.24) is 19.5 Å². The zero-order valence-electron chi connectivity index (χ0n) is 17.0. The number of hydrogen-bond donors (Lipinski definition) is 1. The number of hydrogen-bond acceptors (Lipinski definition) is 6. The van der Waals surface area contributed by atoms with Crippen LogP contribution in [0.3, 0.4) is 0 Å². The predicted molar refractivity (Wildman–Crippen MR) is 113 cm³/mol. The summed E-state index contributed by atoms with van der Waals surface area (Å²) < 4.78 is 73.4. The minimum atomic E-state index is -4.65. The number of anilines is 1. The number of rotatable bonds is 6. The molecule has 0 atom stereocenters. The lowest BCUT2D eigenvalue weighted by molar-refractivity contribution is -0.137. The van der Waals surface area contributed by atoms with Crippen molar-refractivity contribution in [2.75, 3.05) is 4.72 Å². The van der Waals surface area contributed by atoms with E-state index in [2.05, 4.69) is 19.7 Å². The normalized spacial score (nSPS) is 11.9. The summed E-state index contributed by atoms with van der Waals surface area (Å²) in [6, 6.07) is 11.0. The van der Waals surface area contributed by atoms with E-state index < -0.39 is 26.7 Å². The fourth-order valence-electron chi connectivity index (χ4n) is 2.87. The summed E-state index contributed by atoms with van der Waals surface area (Å²) in [5.74, 6) is 1.66. The van der Waals surface area contributed by atoms with Crippen LogP contribution in [0.25, 0.3) is 5.82 Å². The lowest BCUT2D eigenvalue weighted by Gasteiger charge is -2.12. The topological polar surface area (TPSA) is 99.0 Å². The molecule has 2 heterocycles. The van der Waals surface area contributed by atoms with Crippen LogP contribution in [0.5, 0.6) is 11.6 Å². The molecule has 0 amide bonds. The van der Waals surface area contributed by atoms with E-state index in [0.717, 1.165) is 18.2 Å². The van der Waals surface area contributed by atoms with Gasteiger partial charge in [-0.15, -0.1) is 0 Å². The van der Waals surface area contributed by atoms with Crippen LogP contribution >= 0.6 is 0 Å². The molecular weight excluding hydrogens is 459 g/mol. The highest BCUT2D eigenvalue weighted by Gasteiger charge is 2.31. The Kier molecular flexibility index (Phi) is 5.77. The van der Waals surface area contributed by atoms with E-state index in [1.54, 1.807) is 36.3 Å². The number of ether oxygens (including phenoxy) is 1. The van der Waals surface area contributed by atoms with Crippen molar-refractivity contribution in [3.05, 3.63) is 84.7 Å². The molecule has 0 aliphatic rings. The quantitative estimate of drug-likeness (QED) is 0.438. The summed E-state index contributed by atoms with van der Waals surface area (Å²) in [5.41, 5.74) is -0.901. The number of imidazole rings is 1. The van der Waals surface area contributed by atoms with Crippen LogP contribution in [0.15, 0.2) is 78.2 Å². The maximum absolute atomic E-state index is 12.9. The van der Waals surface area contributed by atoms with Gasteiger partial charge in [0.05, 0.1) is 10.5 Å². The standard InChI is InChI=1S/C21H16F3N5O3S/c1-14-26-19(29-10-9-25-13-29)12-20(27-14)32-17-7-5-16(6-8-17)28-33(30,31)18-4-2-3-15(11-18)21(22,23)24/h2-13,28H,1H3. The molecule has 0 aliphatic heterocycles. The van der Waals surface area contributed by atoms with Crippen molar-refractivity contribution in [2.24, 2.45) is 0 Å². The van der Waals surface area contributed by atoms with Gasteiger partial charge in [-0.05, 0) is 49.4 Å². The van der Waals surface area contributed by atoms with Crippen molar-refractivity contribution >= 4 is 15.7 Å². The third-order valence-corrected chi connectivity index (χ3v) is 5.75. The predicted octanol–water partition coefficient (Wildman–Crippen LogP) is 4.58. The van der Waals surface area contributed by atoms with Gasteiger partial charge in [0.25, 0.3) is 10.0 Å². The largest absolute Gasteiger partial charge is 0.439 e. The molecule has 4 aromatic rings. The van der Waals surface area contributed by atoms with Crippen LogP contribution in [0.1, 0.15) is 11.4 Å². The number of nitrogens with zero attached hydrogens (tertiary/aromatic N) is 4. The maximum atomic E-state index is 12.9. The Hall–Kier alpha value is -3.93. The Balaban J connectivity index is 1.50. The molecule has 1 N–H and O–H groups in total. The number of aryl methyl sites for hydroxylation is 1. The van der Waals surface area contributed by atoms with E-state index in [0.29, 0.717) is 23.5 Å². The van der Waals surface area contributed by atoms with Gasteiger partial charge < -0.3 is 4.74 Å². The van der Waals surface area contributed by atoms with Crippen LogP contribution in [-0.2, 0) is 16.2 Å². The lowest BCUT2D eigenvalue weighted by atomic mass is 10.2. The SMILES string of the molecule is Cc1nc(Oc2ccc(NS(=O)(=O)c3cccc(C(F)(F)F)c3)cc2)cc(-n2ccnc2)n1. The molecule has 0 fully saturated rings. The first-order chi connectivity index (χ1) is 15.6. The van der Waals surface area contributed by atoms with Gasteiger partial charge in [-0.2, -0.15) is 18.2 Å². The third kappa shape index (κ3) is 5.29. The first-order valence-electron chi connectivity index (χ1n) is 9.42. The molecule has 2 aromatic heterocycles. The second kappa shape index (κ2) is 8.54. The Morgan fingerprint density at radius 2 is 1.79 bits per heavy atom. The van der Waals surface area contributed by atoms with Gasteiger partial charge in [-0.25, -0.2) is 18.4 Å². The molecule has 33 heavy (non-hydrogen) atoms. The van der Waals surface area contributed by atoms with E-state index >= 15 is 0 Å². The van der Waals surface area contributed by atoms with Crippen LogP contribution in [0.4, 0.5) is 18.9 Å². The molecule has 12 heteroatoms. The van der Waals surface area contributed by atoms with Gasteiger partial charge in [-0.1, -0.05) is 6.07 Å². The van der Waals surface area contributed by atoms with E-state index in [1.165, 1.54) is 24.3 Å². The minimum absolute atomic E-state index is 0.151. The van der Waals surface area contributed by atoms with Crippen molar-refractivity contribution in [3.8, 4) is 17.4 Å². The van der Waals surface area contributed by atoms with Crippen LogP contribution in [0, 0.1) is 6.92 Å². The molecule has 0 aliphatic carbocycles. The number of benzene rings is 2. The summed E-state index contributed by atoms with van der Waals surface area (Å²) in [4.78, 5) is 12.0. The molecule has 4 rings (SSSR count). The van der Waals surface area contributed by atoms with Gasteiger partial charge in [-0.3, -0.25) is 9.29 Å². The molecule has 0 saturated heterocycles. The van der Waals surface area contributed by atoms with E-state index in [4.69, 9.17) is 4.74 Å². The average molecular weight is 475 g/mol. The summed E-state index contributed by atoms with van der Waals surface area (Å²) in [5, 5.41) is 0. The number of sulfonamides is 1. The third-order valence-electron chi connectivity index (χ3n) is 4.37. The van der Waals surface area contributed by atoms with Crippen LogP contribution in [-0.4, -0.2) is 27.9 Å². The molecule has 8 nitrogen and oxygen atoms in total. The van der Waals surface area contributed by atoms with Gasteiger partial charge in [0, 0.05) is 24.1 Å². The van der Waals surface area contributed by atoms with Crippen molar-refractivity contribution < 1.29 is 26.3 Å². The highest BCUT2D eigenvalue weighted by atomic mass is 32.2. The average Bonchev–Trinajstić information content (AvgIpc) is 3.29. The fourth-order valence-corrected chi connectivity index (χ4v) is 3.97. The highest BCUT2D eigenvalue weighted by Crippen LogP contribution is 2.31. The number of halogens is 3. The first kappa shape index (κ1) is 22.3. The van der Waals surface area contributed by atoms with Crippen molar-refractivity contribution in [3.63, 3.8) is 0 Å². The van der Waals surface area contributed by atoms with Gasteiger partial charge in [0.15, 0.2) is 0 Å². The molecule has 0 saturated carbocycles.